The molecular weight excluding hydrogens is 511 g/mol. The Morgan fingerprint density at radius 3 is 2.63 bits per heavy atom. The largest absolute Gasteiger partial charge is 0.463 e. The number of guanidine groups is 1. The number of thiazole rings is 1. The van der Waals surface area contributed by atoms with Gasteiger partial charge in [-0.2, -0.15) is 0 Å². The first kappa shape index (κ1) is 24.4. The molecule has 3 aromatic rings. The summed E-state index contributed by atoms with van der Waals surface area (Å²) in [6.45, 7) is 7.21. The summed E-state index contributed by atoms with van der Waals surface area (Å²) in [6, 6.07) is 13.8. The van der Waals surface area contributed by atoms with Crippen LogP contribution in [0.2, 0.25) is 0 Å². The molecule has 0 spiro atoms. The van der Waals surface area contributed by atoms with Crippen LogP contribution in [0.25, 0.3) is 10.6 Å². The van der Waals surface area contributed by atoms with Gasteiger partial charge in [0, 0.05) is 30.5 Å². The molecule has 0 fully saturated rings. The quantitative estimate of drug-likeness (QED) is 0.225. The summed E-state index contributed by atoms with van der Waals surface area (Å²) in [7, 11) is 0. The van der Waals surface area contributed by atoms with E-state index in [0.29, 0.717) is 18.3 Å². The molecule has 0 aliphatic carbocycles. The lowest BCUT2D eigenvalue weighted by atomic mass is 10.0. The maximum absolute atomic E-state index is 10.7. The smallest absolute Gasteiger partial charge is 0.191 e. The molecule has 0 saturated carbocycles. The summed E-state index contributed by atoms with van der Waals surface area (Å²) in [4.78, 5) is 9.24. The molecule has 3 rings (SSSR count). The van der Waals surface area contributed by atoms with E-state index in [0.717, 1.165) is 35.0 Å². The lowest BCUT2D eigenvalue weighted by Crippen LogP contribution is -2.39. The Bertz CT molecular complexity index is 938. The summed E-state index contributed by atoms with van der Waals surface area (Å²) >= 11 is 1.66. The molecule has 1 unspecified atom stereocenters. The first-order valence-electron chi connectivity index (χ1n) is 9.79. The Balaban J connectivity index is 0.00000320. The van der Waals surface area contributed by atoms with E-state index in [1.165, 1.54) is 0 Å². The zero-order chi connectivity index (χ0) is 20.7. The number of halogens is 1. The monoisotopic (exact) mass is 540 g/mol. The van der Waals surface area contributed by atoms with Crippen molar-refractivity contribution in [3.05, 3.63) is 65.1 Å². The first-order valence-corrected chi connectivity index (χ1v) is 10.7. The SMILES string of the molecule is CCNC(=NCC(C)(O)c1ccc(C)o1)NCCc1csc(-c2ccccc2)n1.I. The lowest BCUT2D eigenvalue weighted by Gasteiger charge is -2.19. The van der Waals surface area contributed by atoms with Gasteiger partial charge in [-0.15, -0.1) is 35.3 Å². The minimum atomic E-state index is -1.16. The van der Waals surface area contributed by atoms with E-state index in [1.54, 1.807) is 24.3 Å². The van der Waals surface area contributed by atoms with Crippen molar-refractivity contribution in [2.75, 3.05) is 19.6 Å². The topological polar surface area (TPSA) is 82.7 Å². The van der Waals surface area contributed by atoms with Gasteiger partial charge in [0.2, 0.25) is 0 Å². The molecule has 2 aromatic heterocycles. The number of rotatable bonds is 8. The summed E-state index contributed by atoms with van der Waals surface area (Å²) in [5.41, 5.74) is 1.04. The summed E-state index contributed by atoms with van der Waals surface area (Å²) < 4.78 is 5.55. The predicted molar refractivity (Wildman–Crippen MR) is 134 cm³/mol. The van der Waals surface area contributed by atoms with Gasteiger partial charge >= 0.3 is 0 Å². The standard InChI is InChI=1S/C22H28N4O2S.HI/c1-4-23-21(25-15-22(3,27)19-11-10-16(2)28-19)24-13-12-18-14-29-20(26-18)17-8-6-5-7-9-17;/h5-11,14,27H,4,12-13,15H2,1-3H3,(H2,23,24,25);1H. The minimum Gasteiger partial charge on any atom is -0.463 e. The van der Waals surface area contributed by atoms with E-state index < -0.39 is 5.60 Å². The molecule has 0 bridgehead atoms. The second-order valence-electron chi connectivity index (χ2n) is 7.07. The van der Waals surface area contributed by atoms with Crippen LogP contribution in [0.4, 0.5) is 0 Å². The van der Waals surface area contributed by atoms with Gasteiger partial charge < -0.3 is 20.2 Å². The van der Waals surface area contributed by atoms with Crippen LogP contribution in [0.1, 0.15) is 31.1 Å². The third kappa shape index (κ3) is 6.82. The van der Waals surface area contributed by atoms with E-state index in [1.807, 2.05) is 38.1 Å². The number of aromatic nitrogens is 1. The van der Waals surface area contributed by atoms with Crippen molar-refractivity contribution in [3.8, 4) is 10.6 Å². The number of hydrogen-bond acceptors (Lipinski definition) is 5. The number of hydrogen-bond donors (Lipinski definition) is 3. The van der Waals surface area contributed by atoms with Crippen molar-refractivity contribution in [2.45, 2.75) is 32.8 Å². The Hall–Kier alpha value is -1.91. The van der Waals surface area contributed by atoms with Crippen LogP contribution in [0.3, 0.4) is 0 Å². The van der Waals surface area contributed by atoms with E-state index in [-0.39, 0.29) is 30.5 Å². The molecule has 30 heavy (non-hydrogen) atoms. The molecule has 3 N–H and O–H groups in total. The van der Waals surface area contributed by atoms with Crippen LogP contribution in [0.15, 0.2) is 57.3 Å². The summed E-state index contributed by atoms with van der Waals surface area (Å²) in [5.74, 6) is 1.95. The zero-order valence-corrected chi connectivity index (χ0v) is 20.7. The normalized spacial score (nSPS) is 13.4. The fourth-order valence-corrected chi connectivity index (χ4v) is 3.68. The third-order valence-corrected chi connectivity index (χ3v) is 5.35. The number of furan rings is 1. The van der Waals surface area contributed by atoms with Gasteiger partial charge in [0.05, 0.1) is 12.2 Å². The van der Waals surface area contributed by atoms with E-state index in [2.05, 4.69) is 33.1 Å². The molecule has 0 radical (unpaired) electrons. The van der Waals surface area contributed by atoms with Gasteiger partial charge in [0.1, 0.15) is 22.1 Å². The summed E-state index contributed by atoms with van der Waals surface area (Å²) in [5, 5.41) is 20.3. The number of aliphatic imine (C=N–C) groups is 1. The lowest BCUT2D eigenvalue weighted by molar-refractivity contribution is 0.0428. The first-order chi connectivity index (χ1) is 14.0. The molecule has 1 atom stereocenters. The van der Waals surface area contributed by atoms with E-state index in [4.69, 9.17) is 9.40 Å². The number of nitrogens with zero attached hydrogens (tertiary/aromatic N) is 2. The molecule has 2 heterocycles. The fourth-order valence-electron chi connectivity index (χ4n) is 2.82. The van der Waals surface area contributed by atoms with Crippen molar-refractivity contribution in [2.24, 2.45) is 4.99 Å². The van der Waals surface area contributed by atoms with Gasteiger partial charge in [-0.25, -0.2) is 9.98 Å². The number of aryl methyl sites for hydroxylation is 1. The maximum Gasteiger partial charge on any atom is 0.191 e. The highest BCUT2D eigenvalue weighted by molar-refractivity contribution is 14.0. The van der Waals surface area contributed by atoms with Crippen molar-refractivity contribution in [3.63, 3.8) is 0 Å². The average Bonchev–Trinajstić information content (AvgIpc) is 3.36. The highest BCUT2D eigenvalue weighted by Crippen LogP contribution is 2.24. The molecule has 0 amide bonds. The van der Waals surface area contributed by atoms with Crippen molar-refractivity contribution >= 4 is 41.3 Å². The Labute approximate surface area is 198 Å². The van der Waals surface area contributed by atoms with Crippen molar-refractivity contribution in [1.82, 2.24) is 15.6 Å². The van der Waals surface area contributed by atoms with Gasteiger partial charge in [-0.05, 0) is 32.9 Å². The van der Waals surface area contributed by atoms with Crippen LogP contribution < -0.4 is 10.6 Å². The number of benzene rings is 1. The van der Waals surface area contributed by atoms with Crippen LogP contribution >= 0.6 is 35.3 Å². The van der Waals surface area contributed by atoms with Crippen molar-refractivity contribution < 1.29 is 9.52 Å². The van der Waals surface area contributed by atoms with Crippen LogP contribution in [0.5, 0.6) is 0 Å². The van der Waals surface area contributed by atoms with E-state index in [9.17, 15) is 5.11 Å². The summed E-state index contributed by atoms with van der Waals surface area (Å²) in [6.07, 6.45) is 0.793. The molecule has 0 saturated heterocycles. The third-order valence-electron chi connectivity index (χ3n) is 4.41. The highest BCUT2D eigenvalue weighted by Gasteiger charge is 2.26. The molecular formula is C22H29IN4O2S. The Kier molecular flexibility index (Phi) is 9.32. The van der Waals surface area contributed by atoms with Crippen LogP contribution in [-0.2, 0) is 12.0 Å². The Morgan fingerprint density at radius 1 is 1.20 bits per heavy atom. The maximum atomic E-state index is 10.7. The molecule has 162 valence electrons. The average molecular weight is 540 g/mol. The van der Waals surface area contributed by atoms with Crippen molar-refractivity contribution in [1.29, 1.82) is 0 Å². The predicted octanol–water partition coefficient (Wildman–Crippen LogP) is 4.33. The second kappa shape index (κ2) is 11.5. The zero-order valence-electron chi connectivity index (χ0n) is 17.5. The fraction of sp³-hybridized carbons (Fsp3) is 0.364. The molecule has 6 nitrogen and oxygen atoms in total. The molecule has 0 aliphatic heterocycles. The number of nitrogens with one attached hydrogen (secondary N) is 2. The van der Waals surface area contributed by atoms with Gasteiger partial charge in [0.25, 0.3) is 0 Å². The minimum absolute atomic E-state index is 0. The van der Waals surface area contributed by atoms with Gasteiger partial charge in [0.15, 0.2) is 5.96 Å². The van der Waals surface area contributed by atoms with Crippen LogP contribution in [0, 0.1) is 6.92 Å². The molecule has 0 aliphatic rings. The molecule has 1 aromatic carbocycles. The molecule has 8 heteroatoms. The van der Waals surface area contributed by atoms with Gasteiger partial charge in [-0.3, -0.25) is 0 Å². The second-order valence-corrected chi connectivity index (χ2v) is 7.92. The number of aliphatic hydroxyl groups is 1. The Morgan fingerprint density at radius 2 is 1.97 bits per heavy atom. The van der Waals surface area contributed by atoms with E-state index >= 15 is 0 Å². The van der Waals surface area contributed by atoms with Gasteiger partial charge in [-0.1, -0.05) is 30.3 Å². The van der Waals surface area contributed by atoms with Crippen LogP contribution in [-0.4, -0.2) is 35.7 Å². The highest BCUT2D eigenvalue weighted by atomic mass is 127.